The van der Waals surface area contributed by atoms with E-state index in [9.17, 15) is 9.36 Å². The predicted octanol–water partition coefficient (Wildman–Crippen LogP) is 8.43. The van der Waals surface area contributed by atoms with Crippen LogP contribution in [0.4, 0.5) is 5.69 Å². The van der Waals surface area contributed by atoms with E-state index in [0.29, 0.717) is 34.4 Å². The Balaban J connectivity index is 1.33. The standard InChI is InChI=1S/C39H46NO10P/c1-7-49-51(42,50-8-2)39(31-12-10-9-11-13-31)40-32-19-16-29(17-20-32)27-37(41)48-23-22-47-34-24-28(18-21-33(34)43-3)14-15-30-25-35(44-4)38(46-6)36(26-30)45-5/h9-21,24-26,39-40H,7-8,22-23,27H2,1-6H3/b15-14-. The largest absolute Gasteiger partial charge is 0.493 e. The minimum absolute atomic E-state index is 0.0516. The van der Waals surface area contributed by atoms with Crippen LogP contribution in [0.15, 0.2) is 84.9 Å². The van der Waals surface area contributed by atoms with Crippen LogP contribution in [0.5, 0.6) is 28.7 Å². The fourth-order valence-electron chi connectivity index (χ4n) is 5.23. The lowest BCUT2D eigenvalue weighted by Crippen LogP contribution is -2.15. The first-order valence-corrected chi connectivity index (χ1v) is 18.1. The van der Waals surface area contributed by atoms with E-state index in [1.54, 1.807) is 42.3 Å². The second-order valence-corrected chi connectivity index (χ2v) is 13.1. The average Bonchev–Trinajstić information content (AvgIpc) is 3.15. The van der Waals surface area contributed by atoms with E-state index in [4.69, 9.17) is 37.5 Å². The van der Waals surface area contributed by atoms with Gasteiger partial charge in [-0.3, -0.25) is 9.36 Å². The molecule has 0 aliphatic heterocycles. The van der Waals surface area contributed by atoms with Crippen molar-refractivity contribution in [3.8, 4) is 28.7 Å². The van der Waals surface area contributed by atoms with Crippen molar-refractivity contribution in [3.05, 3.63) is 107 Å². The Bertz CT molecular complexity index is 1740. The van der Waals surface area contributed by atoms with Gasteiger partial charge in [-0.1, -0.05) is 60.7 Å². The van der Waals surface area contributed by atoms with E-state index in [-0.39, 0.29) is 32.8 Å². The highest BCUT2D eigenvalue weighted by atomic mass is 31.2. The van der Waals surface area contributed by atoms with E-state index >= 15 is 0 Å². The molecule has 272 valence electrons. The Morgan fingerprint density at radius 2 is 1.31 bits per heavy atom. The monoisotopic (exact) mass is 719 g/mol. The number of ether oxygens (including phenoxy) is 6. The molecule has 51 heavy (non-hydrogen) atoms. The first-order valence-electron chi connectivity index (χ1n) is 16.5. The van der Waals surface area contributed by atoms with Crippen molar-refractivity contribution < 1.29 is 46.8 Å². The van der Waals surface area contributed by atoms with Crippen molar-refractivity contribution in [1.29, 1.82) is 0 Å². The van der Waals surface area contributed by atoms with Crippen molar-refractivity contribution in [2.45, 2.75) is 26.1 Å². The second-order valence-electron chi connectivity index (χ2n) is 11.0. The summed E-state index contributed by atoms with van der Waals surface area (Å²) in [6.45, 7) is 4.22. The molecule has 12 heteroatoms. The van der Waals surface area contributed by atoms with Crippen LogP contribution in [0, 0.1) is 0 Å². The number of benzene rings is 4. The zero-order valence-electron chi connectivity index (χ0n) is 29.9. The van der Waals surface area contributed by atoms with E-state index in [1.807, 2.05) is 97.1 Å². The highest BCUT2D eigenvalue weighted by molar-refractivity contribution is 7.54. The van der Waals surface area contributed by atoms with Crippen LogP contribution >= 0.6 is 7.60 Å². The van der Waals surface area contributed by atoms with Crippen molar-refractivity contribution in [3.63, 3.8) is 0 Å². The molecule has 0 saturated heterocycles. The van der Waals surface area contributed by atoms with E-state index < -0.39 is 19.3 Å². The SMILES string of the molecule is CCOP(=O)(OCC)C(Nc1ccc(CC(=O)OCCOc2cc(/C=C\c3cc(OC)c(OC)c(OC)c3)ccc2OC)cc1)c1ccccc1. The minimum atomic E-state index is -3.54. The molecule has 0 saturated carbocycles. The minimum Gasteiger partial charge on any atom is -0.493 e. The lowest BCUT2D eigenvalue weighted by molar-refractivity contribution is -0.143. The van der Waals surface area contributed by atoms with Crippen molar-refractivity contribution in [2.75, 3.05) is 60.2 Å². The molecule has 0 aliphatic carbocycles. The highest BCUT2D eigenvalue weighted by Gasteiger charge is 2.37. The maximum absolute atomic E-state index is 13.7. The van der Waals surface area contributed by atoms with E-state index in [0.717, 1.165) is 22.3 Å². The summed E-state index contributed by atoms with van der Waals surface area (Å²) in [7, 11) is 2.72. The first kappa shape index (κ1) is 38.8. The second kappa shape index (κ2) is 19.4. The van der Waals surface area contributed by atoms with Gasteiger partial charge in [0.25, 0.3) is 0 Å². The number of hydrogen-bond acceptors (Lipinski definition) is 11. The number of hydrogen-bond donors (Lipinski definition) is 1. The smallest absolute Gasteiger partial charge is 0.357 e. The van der Waals surface area contributed by atoms with E-state index in [1.165, 1.54) is 0 Å². The lowest BCUT2D eigenvalue weighted by atomic mass is 10.1. The maximum Gasteiger partial charge on any atom is 0.357 e. The van der Waals surface area contributed by atoms with Crippen LogP contribution < -0.4 is 29.0 Å². The van der Waals surface area contributed by atoms with Crippen molar-refractivity contribution in [2.24, 2.45) is 0 Å². The zero-order chi connectivity index (χ0) is 36.6. The number of anilines is 1. The molecule has 0 heterocycles. The summed E-state index contributed by atoms with van der Waals surface area (Å²) in [6.07, 6.45) is 3.91. The number of methoxy groups -OCH3 is 4. The van der Waals surface area contributed by atoms with Crippen molar-refractivity contribution in [1.82, 2.24) is 0 Å². The molecule has 0 fully saturated rings. The molecular formula is C39H46NO10P. The Labute approximate surface area is 299 Å². The molecule has 0 spiro atoms. The molecule has 4 aromatic rings. The number of carbonyl (C=O) groups is 1. The van der Waals surface area contributed by atoms with Gasteiger partial charge in [0, 0.05) is 5.69 Å². The van der Waals surface area contributed by atoms with Crippen molar-refractivity contribution >= 4 is 31.4 Å². The lowest BCUT2D eigenvalue weighted by Gasteiger charge is -2.28. The highest BCUT2D eigenvalue weighted by Crippen LogP contribution is 2.60. The molecule has 4 rings (SSSR count). The summed E-state index contributed by atoms with van der Waals surface area (Å²) in [5.41, 5.74) is 3.94. The fraction of sp³-hybridized carbons (Fsp3) is 0.308. The molecule has 11 nitrogen and oxygen atoms in total. The van der Waals surface area contributed by atoms with Gasteiger partial charge < -0.3 is 42.8 Å². The van der Waals surface area contributed by atoms with Gasteiger partial charge in [0.2, 0.25) is 5.75 Å². The molecule has 0 aliphatic rings. The summed E-state index contributed by atoms with van der Waals surface area (Å²) in [5.74, 6) is 1.58. The maximum atomic E-state index is 13.7. The topological polar surface area (TPSA) is 120 Å². The third kappa shape index (κ3) is 10.8. The summed E-state index contributed by atoms with van der Waals surface area (Å²) < 4.78 is 58.2. The number of rotatable bonds is 20. The third-order valence-electron chi connectivity index (χ3n) is 7.60. The van der Waals surface area contributed by atoms with Gasteiger partial charge in [-0.15, -0.1) is 0 Å². The van der Waals surface area contributed by atoms with Crippen LogP contribution in [-0.4, -0.2) is 60.8 Å². The van der Waals surface area contributed by atoms with Gasteiger partial charge in [0.1, 0.15) is 13.2 Å². The normalized spacial score (nSPS) is 11.9. The van der Waals surface area contributed by atoms with Crippen LogP contribution in [0.3, 0.4) is 0 Å². The molecule has 0 amide bonds. The van der Waals surface area contributed by atoms with Crippen LogP contribution in [0.2, 0.25) is 0 Å². The van der Waals surface area contributed by atoms with Gasteiger partial charge in [-0.25, -0.2) is 0 Å². The summed E-state index contributed by atoms with van der Waals surface area (Å²) in [6, 6.07) is 25.9. The molecular weight excluding hydrogens is 673 g/mol. The van der Waals surface area contributed by atoms with Gasteiger partial charge >= 0.3 is 13.6 Å². The summed E-state index contributed by atoms with van der Waals surface area (Å²) in [4.78, 5) is 12.7. The Morgan fingerprint density at radius 3 is 1.90 bits per heavy atom. The zero-order valence-corrected chi connectivity index (χ0v) is 30.8. The number of carbonyl (C=O) groups excluding carboxylic acids is 1. The van der Waals surface area contributed by atoms with Crippen LogP contribution in [0.1, 0.15) is 41.9 Å². The summed E-state index contributed by atoms with van der Waals surface area (Å²) in [5, 5.41) is 3.31. The van der Waals surface area contributed by atoms with Crippen LogP contribution in [0.25, 0.3) is 12.2 Å². The molecule has 1 unspecified atom stereocenters. The molecule has 0 aromatic heterocycles. The quantitative estimate of drug-likeness (QED) is 0.0410. The van der Waals surface area contributed by atoms with Gasteiger partial charge in [0.05, 0.1) is 48.1 Å². The molecule has 0 radical (unpaired) electrons. The predicted molar refractivity (Wildman–Crippen MR) is 198 cm³/mol. The third-order valence-corrected chi connectivity index (χ3v) is 9.90. The van der Waals surface area contributed by atoms with Crippen LogP contribution in [-0.2, 0) is 29.6 Å². The Morgan fingerprint density at radius 1 is 0.706 bits per heavy atom. The van der Waals surface area contributed by atoms with Gasteiger partial charge in [-0.05, 0) is 72.5 Å². The first-order chi connectivity index (χ1) is 24.8. The van der Waals surface area contributed by atoms with Gasteiger partial charge in [-0.2, -0.15) is 0 Å². The Kier molecular flexibility index (Phi) is 14.8. The number of esters is 1. The molecule has 0 bridgehead atoms. The molecule has 4 aromatic carbocycles. The fourth-order valence-corrected chi connectivity index (χ4v) is 7.16. The summed E-state index contributed by atoms with van der Waals surface area (Å²) >= 11 is 0. The van der Waals surface area contributed by atoms with E-state index in [2.05, 4.69) is 5.32 Å². The Hall–Kier alpha value is -4.96. The van der Waals surface area contributed by atoms with Gasteiger partial charge in [0.15, 0.2) is 28.8 Å². The number of nitrogens with one attached hydrogen (secondary N) is 1. The molecule has 1 atom stereocenters. The molecule has 1 N–H and O–H groups in total. The average molecular weight is 720 g/mol.